The number of carbonyl (C=O) groups excluding carboxylic acids is 3. The fraction of sp³-hybridized carbons (Fsp3) is 0.786. The summed E-state index contributed by atoms with van der Waals surface area (Å²) in [5, 5.41) is 2.38. The van der Waals surface area contributed by atoms with E-state index in [1.165, 1.54) is 19.1 Å². The van der Waals surface area contributed by atoms with Gasteiger partial charge >= 0.3 is 12.1 Å². The van der Waals surface area contributed by atoms with Crippen molar-refractivity contribution in [2.24, 2.45) is 0 Å². The van der Waals surface area contributed by atoms with E-state index in [4.69, 9.17) is 14.2 Å². The van der Waals surface area contributed by atoms with Crippen molar-refractivity contribution >= 4 is 18.0 Å². The van der Waals surface area contributed by atoms with E-state index in [0.29, 0.717) is 6.42 Å². The molecule has 1 saturated heterocycles. The monoisotopic (exact) mass is 316 g/mol. The van der Waals surface area contributed by atoms with E-state index >= 15 is 0 Å². The van der Waals surface area contributed by atoms with Crippen LogP contribution in [0.25, 0.3) is 0 Å². The number of carbonyl (C=O) groups is 3. The van der Waals surface area contributed by atoms with Crippen LogP contribution >= 0.6 is 0 Å². The zero-order valence-electron chi connectivity index (χ0n) is 13.7. The number of hydrogen-bond donors (Lipinski definition) is 1. The number of amides is 2. The van der Waals surface area contributed by atoms with Crippen molar-refractivity contribution in [1.82, 2.24) is 10.2 Å². The van der Waals surface area contributed by atoms with Crippen LogP contribution in [0.1, 0.15) is 27.2 Å². The van der Waals surface area contributed by atoms with Gasteiger partial charge in [-0.1, -0.05) is 0 Å². The molecule has 22 heavy (non-hydrogen) atoms. The Bertz CT molecular complexity index is 432. The lowest BCUT2D eigenvalue weighted by Crippen LogP contribution is -2.46. The minimum atomic E-state index is -0.692. The maximum absolute atomic E-state index is 12.2. The molecule has 2 atom stereocenters. The molecule has 1 aliphatic rings. The van der Waals surface area contributed by atoms with Gasteiger partial charge in [0.1, 0.15) is 18.2 Å². The number of nitrogens with one attached hydrogen (secondary N) is 1. The topological polar surface area (TPSA) is 94.2 Å². The molecule has 8 nitrogen and oxygen atoms in total. The van der Waals surface area contributed by atoms with Crippen molar-refractivity contribution in [2.45, 2.75) is 44.9 Å². The van der Waals surface area contributed by atoms with Crippen LogP contribution in [0.2, 0.25) is 0 Å². The molecular weight excluding hydrogens is 292 g/mol. The molecule has 0 bridgehead atoms. The zero-order valence-corrected chi connectivity index (χ0v) is 13.7. The second kappa shape index (κ2) is 7.44. The molecule has 0 radical (unpaired) electrons. The van der Waals surface area contributed by atoms with Gasteiger partial charge in [0.2, 0.25) is 5.91 Å². The van der Waals surface area contributed by atoms with E-state index in [9.17, 15) is 14.4 Å². The first-order valence-electron chi connectivity index (χ1n) is 7.05. The summed E-state index contributed by atoms with van der Waals surface area (Å²) in [5.41, 5.74) is -0.642. The molecule has 1 N–H and O–H groups in total. The summed E-state index contributed by atoms with van der Waals surface area (Å²) in [6.07, 6.45) is -0.533. The summed E-state index contributed by atoms with van der Waals surface area (Å²) in [6, 6.07) is -0.692. The highest BCUT2D eigenvalue weighted by Crippen LogP contribution is 2.21. The standard InChI is InChI=1S/C14H24N2O6/c1-14(2,3)22-13(19)15-7-11(17)16-8-9(20-4)6-10(16)12(18)21-5/h9-10H,6-8H2,1-5H3,(H,15,19)/t9-,10-/m1/s1. The van der Waals surface area contributed by atoms with Gasteiger partial charge in [-0.25, -0.2) is 9.59 Å². The molecule has 0 aromatic rings. The molecule has 0 aliphatic carbocycles. The van der Waals surface area contributed by atoms with Crippen molar-refractivity contribution in [1.29, 1.82) is 0 Å². The third-order valence-corrected chi connectivity index (χ3v) is 3.17. The fourth-order valence-electron chi connectivity index (χ4n) is 2.17. The highest BCUT2D eigenvalue weighted by molar-refractivity contribution is 5.88. The normalized spacial score (nSPS) is 21.4. The summed E-state index contributed by atoms with van der Waals surface area (Å²) in [7, 11) is 2.79. The van der Waals surface area contributed by atoms with Crippen molar-refractivity contribution in [2.75, 3.05) is 27.3 Å². The fourth-order valence-corrected chi connectivity index (χ4v) is 2.17. The van der Waals surface area contributed by atoms with Gasteiger partial charge in [0, 0.05) is 20.1 Å². The molecule has 8 heteroatoms. The van der Waals surface area contributed by atoms with E-state index in [2.05, 4.69) is 5.32 Å². The van der Waals surface area contributed by atoms with Crippen LogP contribution in [0.15, 0.2) is 0 Å². The first-order chi connectivity index (χ1) is 10.2. The number of alkyl carbamates (subject to hydrolysis) is 1. The van der Waals surface area contributed by atoms with E-state index in [0.717, 1.165) is 0 Å². The molecule has 1 heterocycles. The highest BCUT2D eigenvalue weighted by Gasteiger charge is 2.40. The van der Waals surface area contributed by atoms with Gasteiger partial charge in [-0.2, -0.15) is 0 Å². The number of ether oxygens (including phenoxy) is 3. The van der Waals surface area contributed by atoms with Gasteiger partial charge in [0.25, 0.3) is 0 Å². The quantitative estimate of drug-likeness (QED) is 0.750. The predicted molar refractivity (Wildman–Crippen MR) is 77.2 cm³/mol. The van der Waals surface area contributed by atoms with Crippen LogP contribution in [-0.2, 0) is 23.8 Å². The van der Waals surface area contributed by atoms with Gasteiger partial charge in [-0.15, -0.1) is 0 Å². The minimum Gasteiger partial charge on any atom is -0.467 e. The molecule has 0 saturated carbocycles. The second-order valence-electron chi connectivity index (χ2n) is 6.03. The van der Waals surface area contributed by atoms with Gasteiger partial charge in [-0.05, 0) is 20.8 Å². The van der Waals surface area contributed by atoms with E-state index in [1.807, 2.05) is 0 Å². The van der Waals surface area contributed by atoms with Gasteiger partial charge in [0.15, 0.2) is 0 Å². The van der Waals surface area contributed by atoms with E-state index < -0.39 is 23.7 Å². The van der Waals surface area contributed by atoms with Crippen LogP contribution in [0.3, 0.4) is 0 Å². The summed E-state index contributed by atoms with van der Waals surface area (Å²) in [5.74, 6) is -0.883. The van der Waals surface area contributed by atoms with Crippen molar-refractivity contribution in [3.63, 3.8) is 0 Å². The van der Waals surface area contributed by atoms with Crippen LogP contribution in [0.4, 0.5) is 4.79 Å². The lowest BCUT2D eigenvalue weighted by Gasteiger charge is -2.23. The lowest BCUT2D eigenvalue weighted by molar-refractivity contribution is -0.150. The second-order valence-corrected chi connectivity index (χ2v) is 6.03. The van der Waals surface area contributed by atoms with E-state index in [1.54, 1.807) is 20.8 Å². The molecule has 1 fully saturated rings. The van der Waals surface area contributed by atoms with Crippen LogP contribution in [0, 0.1) is 0 Å². The number of hydrogen-bond acceptors (Lipinski definition) is 6. The van der Waals surface area contributed by atoms with Crippen molar-refractivity contribution in [3.05, 3.63) is 0 Å². The Morgan fingerprint density at radius 2 is 1.86 bits per heavy atom. The largest absolute Gasteiger partial charge is 0.467 e. The Labute approximate surface area is 130 Å². The summed E-state index contributed by atoms with van der Waals surface area (Å²) in [4.78, 5) is 36.8. The number of esters is 1. The average molecular weight is 316 g/mol. The Kier molecular flexibility index (Phi) is 6.16. The number of rotatable bonds is 4. The molecule has 126 valence electrons. The molecular formula is C14H24N2O6. The smallest absolute Gasteiger partial charge is 0.408 e. The van der Waals surface area contributed by atoms with E-state index in [-0.39, 0.29) is 25.1 Å². The molecule has 1 rings (SSSR count). The van der Waals surface area contributed by atoms with Crippen molar-refractivity contribution < 1.29 is 28.6 Å². The zero-order chi connectivity index (χ0) is 16.9. The summed E-state index contributed by atoms with van der Waals surface area (Å²) >= 11 is 0. The van der Waals surface area contributed by atoms with Crippen LogP contribution in [-0.4, -0.2) is 67.9 Å². The highest BCUT2D eigenvalue weighted by atomic mass is 16.6. The Morgan fingerprint density at radius 1 is 1.23 bits per heavy atom. The Balaban J connectivity index is 2.59. The average Bonchev–Trinajstić information content (AvgIpc) is 2.86. The van der Waals surface area contributed by atoms with Gasteiger partial charge < -0.3 is 24.4 Å². The first kappa shape index (κ1) is 18.2. The van der Waals surface area contributed by atoms with Gasteiger partial charge in [0.05, 0.1) is 13.2 Å². The van der Waals surface area contributed by atoms with Crippen LogP contribution in [0.5, 0.6) is 0 Å². The maximum Gasteiger partial charge on any atom is 0.408 e. The molecule has 1 aliphatic heterocycles. The summed E-state index contributed by atoms with van der Waals surface area (Å²) in [6.45, 7) is 5.21. The molecule has 0 aromatic carbocycles. The van der Waals surface area contributed by atoms with Crippen LogP contribution < -0.4 is 5.32 Å². The molecule has 0 aromatic heterocycles. The number of likely N-dealkylation sites (tertiary alicyclic amines) is 1. The molecule has 0 spiro atoms. The summed E-state index contributed by atoms with van der Waals surface area (Å²) < 4.78 is 14.9. The Hall–Kier alpha value is -1.83. The van der Waals surface area contributed by atoms with Gasteiger partial charge in [-0.3, -0.25) is 4.79 Å². The predicted octanol–water partition coefficient (Wildman–Crippen LogP) is 0.300. The lowest BCUT2D eigenvalue weighted by atomic mass is 10.2. The third kappa shape index (κ3) is 5.18. The molecule has 2 amide bonds. The molecule has 0 unspecified atom stereocenters. The number of nitrogens with zero attached hydrogens (tertiary/aromatic N) is 1. The SMILES string of the molecule is COC(=O)[C@H]1C[C@@H](OC)CN1C(=O)CNC(=O)OC(C)(C)C. The maximum atomic E-state index is 12.2. The Morgan fingerprint density at radius 3 is 2.36 bits per heavy atom. The third-order valence-electron chi connectivity index (χ3n) is 3.17. The first-order valence-corrected chi connectivity index (χ1v) is 7.05. The minimum absolute atomic E-state index is 0.227. The number of methoxy groups -OCH3 is 2. The van der Waals surface area contributed by atoms with Crippen molar-refractivity contribution in [3.8, 4) is 0 Å².